The number of amides is 2. The summed E-state index contributed by atoms with van der Waals surface area (Å²) in [5.41, 5.74) is 2.07. The summed E-state index contributed by atoms with van der Waals surface area (Å²) >= 11 is 12.5. The van der Waals surface area contributed by atoms with Gasteiger partial charge in [0, 0.05) is 49.9 Å². The summed E-state index contributed by atoms with van der Waals surface area (Å²) in [4.78, 5) is 40.5. The Kier molecular flexibility index (Phi) is 7.20. The minimum absolute atomic E-state index is 0.0604. The van der Waals surface area contributed by atoms with Crippen molar-refractivity contribution >= 4 is 52.2 Å². The second-order valence-corrected chi connectivity index (χ2v) is 10.8. The fourth-order valence-electron chi connectivity index (χ4n) is 4.95. The number of fused-ring (bicyclic) bond motifs is 1. The zero-order chi connectivity index (χ0) is 27.8. The van der Waals surface area contributed by atoms with Crippen molar-refractivity contribution in [3.8, 4) is 23.0 Å². The number of nitrogens with one attached hydrogen (secondary N) is 2. The molecule has 0 spiro atoms. The number of aromatic nitrogens is 4. The Balaban J connectivity index is 1.36. The van der Waals surface area contributed by atoms with Gasteiger partial charge < -0.3 is 20.3 Å². The van der Waals surface area contributed by atoms with Gasteiger partial charge in [0.25, 0.3) is 0 Å². The molecule has 1 atom stereocenters. The first-order valence-corrected chi connectivity index (χ1v) is 13.9. The zero-order valence-electron chi connectivity index (χ0n) is 21.7. The quantitative estimate of drug-likeness (QED) is 0.317. The maximum atomic E-state index is 12.6. The van der Waals surface area contributed by atoms with E-state index >= 15 is 0 Å². The average Bonchev–Trinajstić information content (AvgIpc) is 3.74. The smallest absolute Gasteiger partial charge is 0.410 e. The number of ether oxygens (including phenoxy) is 1. The zero-order valence-corrected chi connectivity index (χ0v) is 23.2. The molecule has 1 saturated carbocycles. The normalized spacial score (nSPS) is 17.1. The Bertz CT molecular complexity index is 1600. The first kappa shape index (κ1) is 26.3. The fraction of sp³-hybridized carbons (Fsp3) is 0.321. The van der Waals surface area contributed by atoms with Crippen LogP contribution >= 0.6 is 23.2 Å². The number of carbonyl (C=O) groups excluding carboxylic acids is 2. The third kappa shape index (κ3) is 5.41. The molecule has 12 heteroatoms. The standard InChI is InChI=1S/C28H27Cl2N7O3/c1-31-28(39)40-19-7-9-23-22(14-19)34-25(17-6-8-20(29)21(30)13-17)37(23)24-10-11-32-27(35-24)33-18-3-2-12-36(15-18)26(38)16-4-5-16/h6-11,13-14,16,18H,2-5,12,15H2,1H3,(H,31,39)(H,32,33,35)/t18-/m1/s1. The molecule has 1 saturated heterocycles. The van der Waals surface area contributed by atoms with Crippen molar-refractivity contribution in [3.05, 3.63) is 58.7 Å². The number of hydrogen-bond acceptors (Lipinski definition) is 7. The number of anilines is 1. The second-order valence-electron chi connectivity index (χ2n) is 9.97. The number of benzene rings is 2. The molecule has 3 heterocycles. The van der Waals surface area contributed by atoms with Crippen molar-refractivity contribution < 1.29 is 14.3 Å². The van der Waals surface area contributed by atoms with Crippen LogP contribution < -0.4 is 15.4 Å². The molecule has 2 N–H and O–H groups in total. The van der Waals surface area contributed by atoms with Gasteiger partial charge in [-0.3, -0.25) is 9.36 Å². The number of hydrogen-bond donors (Lipinski definition) is 2. The number of piperidine rings is 1. The monoisotopic (exact) mass is 579 g/mol. The number of nitrogens with zero attached hydrogens (tertiary/aromatic N) is 5. The number of carbonyl (C=O) groups is 2. The Morgan fingerprint density at radius 3 is 2.65 bits per heavy atom. The lowest BCUT2D eigenvalue weighted by atomic mass is 10.1. The Morgan fingerprint density at radius 1 is 1.02 bits per heavy atom. The van der Waals surface area contributed by atoms with Crippen molar-refractivity contribution in [1.82, 2.24) is 29.7 Å². The van der Waals surface area contributed by atoms with Crippen molar-refractivity contribution in [2.75, 3.05) is 25.5 Å². The van der Waals surface area contributed by atoms with Crippen LogP contribution in [0.4, 0.5) is 10.7 Å². The van der Waals surface area contributed by atoms with Crippen LogP contribution in [0.1, 0.15) is 25.7 Å². The summed E-state index contributed by atoms with van der Waals surface area (Å²) < 4.78 is 7.21. The molecule has 10 nitrogen and oxygen atoms in total. The van der Waals surface area contributed by atoms with E-state index in [1.807, 2.05) is 21.6 Å². The van der Waals surface area contributed by atoms with Gasteiger partial charge in [-0.2, -0.15) is 4.98 Å². The highest BCUT2D eigenvalue weighted by atomic mass is 35.5. The van der Waals surface area contributed by atoms with Crippen molar-refractivity contribution in [3.63, 3.8) is 0 Å². The van der Waals surface area contributed by atoms with E-state index in [4.69, 9.17) is 37.9 Å². The lowest BCUT2D eigenvalue weighted by Crippen LogP contribution is -2.45. The number of likely N-dealkylation sites (tertiary alicyclic amines) is 1. The highest BCUT2D eigenvalue weighted by Crippen LogP contribution is 2.34. The van der Waals surface area contributed by atoms with Gasteiger partial charge in [-0.1, -0.05) is 23.2 Å². The largest absolute Gasteiger partial charge is 0.412 e. The lowest BCUT2D eigenvalue weighted by Gasteiger charge is -2.33. The average molecular weight is 580 g/mol. The van der Waals surface area contributed by atoms with Gasteiger partial charge in [-0.05, 0) is 62.1 Å². The van der Waals surface area contributed by atoms with Crippen LogP contribution in [0.25, 0.3) is 28.2 Å². The molecule has 2 amide bonds. The third-order valence-corrected chi connectivity index (χ3v) is 7.82. The Hall–Kier alpha value is -3.89. The maximum absolute atomic E-state index is 12.6. The predicted octanol–water partition coefficient (Wildman–Crippen LogP) is 5.32. The molecular weight excluding hydrogens is 553 g/mol. The molecule has 40 heavy (non-hydrogen) atoms. The summed E-state index contributed by atoms with van der Waals surface area (Å²) in [7, 11) is 1.49. The van der Waals surface area contributed by atoms with Crippen LogP contribution in [0, 0.1) is 5.92 Å². The van der Waals surface area contributed by atoms with E-state index < -0.39 is 6.09 Å². The molecule has 2 aromatic carbocycles. The van der Waals surface area contributed by atoms with Crippen LogP contribution in [0.5, 0.6) is 5.75 Å². The molecule has 0 radical (unpaired) electrons. The molecule has 6 rings (SSSR count). The number of halogens is 2. The highest BCUT2D eigenvalue weighted by molar-refractivity contribution is 6.42. The first-order valence-electron chi connectivity index (χ1n) is 13.2. The molecule has 2 aliphatic rings. The van der Waals surface area contributed by atoms with Gasteiger partial charge in [0.15, 0.2) is 0 Å². The summed E-state index contributed by atoms with van der Waals surface area (Å²) in [5.74, 6) is 2.44. The lowest BCUT2D eigenvalue weighted by molar-refractivity contribution is -0.133. The van der Waals surface area contributed by atoms with E-state index in [1.54, 1.807) is 36.5 Å². The van der Waals surface area contributed by atoms with Gasteiger partial charge in [0.1, 0.15) is 17.4 Å². The fourth-order valence-corrected chi connectivity index (χ4v) is 5.25. The van der Waals surface area contributed by atoms with Crippen LogP contribution in [0.15, 0.2) is 48.7 Å². The Morgan fingerprint density at radius 2 is 1.88 bits per heavy atom. The minimum atomic E-state index is -0.574. The van der Waals surface area contributed by atoms with Gasteiger partial charge in [0.05, 0.1) is 21.1 Å². The second kappa shape index (κ2) is 10.9. The van der Waals surface area contributed by atoms with Gasteiger partial charge >= 0.3 is 6.09 Å². The first-order chi connectivity index (χ1) is 19.4. The highest BCUT2D eigenvalue weighted by Gasteiger charge is 2.35. The summed E-state index contributed by atoms with van der Waals surface area (Å²) in [6.07, 6.45) is 4.97. The Labute approximate surface area is 240 Å². The molecule has 2 aromatic heterocycles. The van der Waals surface area contributed by atoms with Crippen LogP contribution in [0.3, 0.4) is 0 Å². The molecule has 2 fully saturated rings. The van der Waals surface area contributed by atoms with E-state index in [0.29, 0.717) is 45.4 Å². The van der Waals surface area contributed by atoms with E-state index in [2.05, 4.69) is 15.6 Å². The van der Waals surface area contributed by atoms with E-state index in [0.717, 1.165) is 43.3 Å². The van der Waals surface area contributed by atoms with Crippen LogP contribution in [-0.4, -0.2) is 62.6 Å². The van der Waals surface area contributed by atoms with E-state index in [1.165, 1.54) is 7.05 Å². The molecular formula is C28H27Cl2N7O3. The van der Waals surface area contributed by atoms with Gasteiger partial charge in [0.2, 0.25) is 11.9 Å². The number of rotatable bonds is 6. The molecule has 4 aromatic rings. The van der Waals surface area contributed by atoms with Crippen LogP contribution in [-0.2, 0) is 4.79 Å². The summed E-state index contributed by atoms with van der Waals surface area (Å²) in [6.45, 7) is 1.44. The molecule has 206 valence electrons. The van der Waals surface area contributed by atoms with Crippen molar-refractivity contribution in [2.24, 2.45) is 5.92 Å². The van der Waals surface area contributed by atoms with E-state index in [9.17, 15) is 9.59 Å². The SMILES string of the molecule is CNC(=O)Oc1ccc2c(c1)nc(-c1ccc(Cl)c(Cl)c1)n2-c1ccnc(N[C@@H]2CCCN(C(=O)C3CC3)C2)n1. The third-order valence-electron chi connectivity index (χ3n) is 7.08. The van der Waals surface area contributed by atoms with E-state index in [-0.39, 0.29) is 17.9 Å². The number of imidazole rings is 1. The molecule has 0 bridgehead atoms. The molecule has 1 aliphatic carbocycles. The summed E-state index contributed by atoms with van der Waals surface area (Å²) in [5, 5.41) is 6.71. The predicted molar refractivity (Wildman–Crippen MR) is 153 cm³/mol. The van der Waals surface area contributed by atoms with Crippen LogP contribution in [0.2, 0.25) is 10.0 Å². The molecule has 1 aliphatic heterocycles. The topological polar surface area (TPSA) is 114 Å². The molecule has 0 unspecified atom stereocenters. The minimum Gasteiger partial charge on any atom is -0.410 e. The van der Waals surface area contributed by atoms with Gasteiger partial charge in [-0.25, -0.2) is 14.8 Å². The van der Waals surface area contributed by atoms with Crippen molar-refractivity contribution in [2.45, 2.75) is 31.7 Å². The van der Waals surface area contributed by atoms with Gasteiger partial charge in [-0.15, -0.1) is 0 Å². The summed E-state index contributed by atoms with van der Waals surface area (Å²) in [6, 6.07) is 12.4. The maximum Gasteiger partial charge on any atom is 0.412 e. The van der Waals surface area contributed by atoms with Crippen molar-refractivity contribution in [1.29, 1.82) is 0 Å².